The van der Waals surface area contributed by atoms with E-state index in [1.165, 1.54) is 24.8 Å². The van der Waals surface area contributed by atoms with Gasteiger partial charge in [-0.3, -0.25) is 0 Å². The zero-order valence-electron chi connectivity index (χ0n) is 13.3. The lowest BCUT2D eigenvalue weighted by Crippen LogP contribution is -2.31. The van der Waals surface area contributed by atoms with Crippen LogP contribution in [0.2, 0.25) is 0 Å². The highest BCUT2D eigenvalue weighted by Gasteiger charge is 2.13. The van der Waals surface area contributed by atoms with Crippen molar-refractivity contribution in [1.29, 1.82) is 0 Å². The number of unbranched alkanes of at least 4 members (excludes halogenated alkanes) is 2. The minimum Gasteiger partial charge on any atom is -0.392 e. The van der Waals surface area contributed by atoms with E-state index >= 15 is 0 Å². The molecule has 0 heterocycles. The molecule has 114 valence electrons. The van der Waals surface area contributed by atoms with Crippen LogP contribution in [0, 0.1) is 5.92 Å². The third-order valence-electron chi connectivity index (χ3n) is 3.64. The van der Waals surface area contributed by atoms with Gasteiger partial charge in [0.2, 0.25) is 0 Å². The third kappa shape index (κ3) is 7.06. The van der Waals surface area contributed by atoms with Crippen LogP contribution in [0.3, 0.4) is 0 Å². The van der Waals surface area contributed by atoms with E-state index in [1.807, 2.05) is 0 Å². The molecule has 1 rings (SSSR count). The normalized spacial score (nSPS) is 14.4. The monoisotopic (exact) mass is 277 g/mol. The van der Waals surface area contributed by atoms with Crippen molar-refractivity contribution >= 4 is 0 Å². The number of nitrogens with one attached hydrogen (secondary N) is 1. The van der Waals surface area contributed by atoms with Gasteiger partial charge in [-0.25, -0.2) is 0 Å². The summed E-state index contributed by atoms with van der Waals surface area (Å²) < 4.78 is 0. The van der Waals surface area contributed by atoms with Crippen LogP contribution in [0.5, 0.6) is 0 Å². The Balaban J connectivity index is 2.50. The van der Waals surface area contributed by atoms with Crippen LogP contribution >= 0.6 is 0 Å². The molecule has 20 heavy (non-hydrogen) atoms. The summed E-state index contributed by atoms with van der Waals surface area (Å²) >= 11 is 0. The Hall–Kier alpha value is -0.860. The first-order chi connectivity index (χ1) is 9.63. The van der Waals surface area contributed by atoms with Crippen molar-refractivity contribution < 1.29 is 5.11 Å². The molecule has 0 saturated carbocycles. The average Bonchev–Trinajstić information content (AvgIpc) is 2.43. The zero-order chi connectivity index (χ0) is 14.8. The van der Waals surface area contributed by atoms with E-state index in [0.717, 1.165) is 12.8 Å². The Morgan fingerprint density at radius 2 is 1.80 bits per heavy atom. The molecule has 0 aromatic heterocycles. The second-order valence-corrected chi connectivity index (χ2v) is 6.15. The molecule has 2 N–H and O–H groups in total. The Morgan fingerprint density at radius 1 is 1.10 bits per heavy atom. The largest absolute Gasteiger partial charge is 0.392 e. The van der Waals surface area contributed by atoms with E-state index in [9.17, 15) is 5.11 Å². The fourth-order valence-electron chi connectivity index (χ4n) is 2.58. The van der Waals surface area contributed by atoms with Gasteiger partial charge in [-0.15, -0.1) is 0 Å². The second kappa shape index (κ2) is 9.95. The van der Waals surface area contributed by atoms with Gasteiger partial charge < -0.3 is 10.4 Å². The summed E-state index contributed by atoms with van der Waals surface area (Å²) in [4.78, 5) is 0. The molecular weight excluding hydrogens is 246 g/mol. The van der Waals surface area contributed by atoms with Crippen LogP contribution in [0.25, 0.3) is 0 Å². The predicted molar refractivity (Wildman–Crippen MR) is 86.8 cm³/mol. The van der Waals surface area contributed by atoms with Crippen molar-refractivity contribution in [3.05, 3.63) is 35.9 Å². The highest BCUT2D eigenvalue weighted by Crippen LogP contribution is 2.20. The van der Waals surface area contributed by atoms with Crippen molar-refractivity contribution in [3.63, 3.8) is 0 Å². The topological polar surface area (TPSA) is 32.3 Å². The summed E-state index contributed by atoms with van der Waals surface area (Å²) in [5.41, 5.74) is 1.33. The van der Waals surface area contributed by atoms with Crippen molar-refractivity contribution in [1.82, 2.24) is 5.32 Å². The Morgan fingerprint density at radius 3 is 2.40 bits per heavy atom. The molecule has 0 aliphatic rings. The van der Waals surface area contributed by atoms with Crippen molar-refractivity contribution in [3.8, 4) is 0 Å². The first kappa shape index (κ1) is 17.2. The highest BCUT2D eigenvalue weighted by atomic mass is 16.3. The first-order valence-electron chi connectivity index (χ1n) is 8.09. The van der Waals surface area contributed by atoms with Crippen molar-refractivity contribution in [2.75, 3.05) is 6.54 Å². The van der Waals surface area contributed by atoms with Crippen LogP contribution in [0.1, 0.15) is 64.5 Å². The molecule has 0 saturated heterocycles. The van der Waals surface area contributed by atoms with E-state index in [0.29, 0.717) is 18.5 Å². The predicted octanol–water partition coefficient (Wildman–Crippen LogP) is 4.30. The molecule has 0 amide bonds. The lowest BCUT2D eigenvalue weighted by atomic mass is 9.99. The van der Waals surface area contributed by atoms with Gasteiger partial charge in [0, 0.05) is 12.6 Å². The summed E-state index contributed by atoms with van der Waals surface area (Å²) in [7, 11) is 0. The summed E-state index contributed by atoms with van der Waals surface area (Å²) in [5.74, 6) is 0.544. The molecule has 2 atom stereocenters. The van der Waals surface area contributed by atoms with E-state index in [-0.39, 0.29) is 6.10 Å². The number of rotatable bonds is 10. The number of aliphatic hydroxyl groups excluding tert-OH is 1. The molecular formula is C18H31NO. The Bertz CT molecular complexity index is 337. The van der Waals surface area contributed by atoms with Crippen LogP contribution in [-0.2, 0) is 0 Å². The zero-order valence-corrected chi connectivity index (χ0v) is 13.3. The number of aliphatic hydroxyl groups is 1. The number of benzene rings is 1. The van der Waals surface area contributed by atoms with Gasteiger partial charge in [0.1, 0.15) is 0 Å². The van der Waals surface area contributed by atoms with Gasteiger partial charge in [0.05, 0.1) is 6.10 Å². The molecule has 2 nitrogen and oxygen atoms in total. The van der Waals surface area contributed by atoms with Gasteiger partial charge in [-0.2, -0.15) is 0 Å². The van der Waals surface area contributed by atoms with Crippen molar-refractivity contribution in [2.24, 2.45) is 5.92 Å². The smallest absolute Gasteiger partial charge is 0.0667 e. The van der Waals surface area contributed by atoms with Gasteiger partial charge in [0.25, 0.3) is 0 Å². The van der Waals surface area contributed by atoms with E-state index in [4.69, 9.17) is 0 Å². The maximum absolute atomic E-state index is 10.0. The molecule has 1 aromatic rings. The average molecular weight is 277 g/mol. The van der Waals surface area contributed by atoms with Crippen LogP contribution < -0.4 is 5.32 Å². The first-order valence-corrected chi connectivity index (χ1v) is 8.09. The Kier molecular flexibility index (Phi) is 8.56. The standard InChI is InChI=1S/C18H31NO/c1-4-5-7-12-18(16-10-8-6-9-11-16)19-14-17(20)13-15(2)3/h6,8-11,15,17-20H,4-5,7,12-14H2,1-3H3. The molecule has 0 aliphatic heterocycles. The second-order valence-electron chi connectivity index (χ2n) is 6.15. The molecule has 0 bridgehead atoms. The van der Waals surface area contributed by atoms with Gasteiger partial charge >= 0.3 is 0 Å². The number of hydrogen-bond acceptors (Lipinski definition) is 2. The lowest BCUT2D eigenvalue weighted by molar-refractivity contribution is 0.141. The lowest BCUT2D eigenvalue weighted by Gasteiger charge is -2.22. The highest BCUT2D eigenvalue weighted by molar-refractivity contribution is 5.18. The van der Waals surface area contributed by atoms with Gasteiger partial charge in [-0.1, -0.05) is 70.4 Å². The van der Waals surface area contributed by atoms with Crippen LogP contribution in [0.15, 0.2) is 30.3 Å². The summed E-state index contributed by atoms with van der Waals surface area (Å²) in [6, 6.07) is 11.0. The van der Waals surface area contributed by atoms with E-state index < -0.39 is 0 Å². The molecule has 0 spiro atoms. The van der Waals surface area contributed by atoms with Gasteiger partial charge in [-0.05, 0) is 24.3 Å². The quantitative estimate of drug-likeness (QED) is 0.625. The molecule has 2 unspecified atom stereocenters. The minimum absolute atomic E-state index is 0.243. The van der Waals surface area contributed by atoms with E-state index in [1.54, 1.807) is 0 Å². The summed E-state index contributed by atoms with van der Waals surface area (Å²) in [6.07, 6.45) is 5.53. The van der Waals surface area contributed by atoms with E-state index in [2.05, 4.69) is 56.4 Å². The fourth-order valence-corrected chi connectivity index (χ4v) is 2.58. The minimum atomic E-state index is -0.243. The fraction of sp³-hybridized carbons (Fsp3) is 0.667. The molecule has 0 fully saturated rings. The summed E-state index contributed by atoms with van der Waals surface area (Å²) in [5, 5.41) is 13.6. The number of hydrogen-bond donors (Lipinski definition) is 2. The van der Waals surface area contributed by atoms with Crippen LogP contribution in [0.4, 0.5) is 0 Å². The maximum atomic E-state index is 10.0. The van der Waals surface area contributed by atoms with Crippen LogP contribution in [-0.4, -0.2) is 17.8 Å². The SMILES string of the molecule is CCCCCC(NCC(O)CC(C)C)c1ccccc1. The van der Waals surface area contributed by atoms with Crippen molar-refractivity contribution in [2.45, 2.75) is 65.0 Å². The van der Waals surface area contributed by atoms with Gasteiger partial charge in [0.15, 0.2) is 0 Å². The third-order valence-corrected chi connectivity index (χ3v) is 3.64. The Labute approximate surface area is 124 Å². The molecule has 1 aromatic carbocycles. The molecule has 2 heteroatoms. The molecule has 0 aliphatic carbocycles. The maximum Gasteiger partial charge on any atom is 0.0667 e. The summed E-state index contributed by atoms with van der Waals surface area (Å²) in [6.45, 7) is 7.22. The molecule has 0 radical (unpaired) electrons.